The van der Waals surface area contributed by atoms with E-state index in [1.165, 1.54) is 11.3 Å². The number of aromatic nitrogens is 1. The first-order valence-corrected chi connectivity index (χ1v) is 6.92. The lowest BCUT2D eigenvalue weighted by atomic mass is 9.88. The van der Waals surface area contributed by atoms with Gasteiger partial charge in [0.2, 0.25) is 5.91 Å². The number of nitrogens with zero attached hydrogens (tertiary/aromatic N) is 1. The van der Waals surface area contributed by atoms with Crippen molar-refractivity contribution in [2.24, 2.45) is 11.1 Å². The normalized spacial score (nSPS) is 17.0. The number of amides is 1. The van der Waals surface area contributed by atoms with Crippen molar-refractivity contribution in [3.05, 3.63) is 11.1 Å². The molecule has 0 unspecified atom stereocenters. The number of hydrogen-bond donors (Lipinski definition) is 2. The molecule has 1 saturated carbocycles. The lowest BCUT2D eigenvalue weighted by molar-refractivity contribution is -0.124. The predicted molar refractivity (Wildman–Crippen MR) is 73.3 cm³/mol. The van der Waals surface area contributed by atoms with E-state index in [-0.39, 0.29) is 11.3 Å². The average molecular weight is 263 g/mol. The van der Waals surface area contributed by atoms with Crippen LogP contribution in [0.3, 0.4) is 0 Å². The first kappa shape index (κ1) is 13.1. The summed E-state index contributed by atoms with van der Waals surface area (Å²) in [4.78, 5) is 17.1. The summed E-state index contributed by atoms with van der Waals surface area (Å²) in [6, 6.07) is 0. The molecule has 0 spiro atoms. The van der Waals surface area contributed by atoms with Gasteiger partial charge in [0, 0.05) is 5.41 Å². The number of thiazole rings is 1. The van der Waals surface area contributed by atoms with Gasteiger partial charge >= 0.3 is 0 Å². The van der Waals surface area contributed by atoms with Gasteiger partial charge in [-0.15, -0.1) is 0 Å². The van der Waals surface area contributed by atoms with Crippen LogP contribution in [0.4, 0.5) is 5.13 Å². The molecule has 96 valence electrons. The molecule has 1 aliphatic rings. The van der Waals surface area contributed by atoms with Crippen molar-refractivity contribution in [1.82, 2.24) is 4.98 Å². The number of anilines is 1. The molecule has 0 saturated heterocycles. The van der Waals surface area contributed by atoms with E-state index in [1.807, 2.05) is 6.92 Å². The van der Waals surface area contributed by atoms with Crippen molar-refractivity contribution in [3.8, 4) is 11.8 Å². The maximum Gasteiger partial charge on any atom is 0.232 e. The first-order valence-electron chi connectivity index (χ1n) is 6.10. The quantitative estimate of drug-likeness (QED) is 0.802. The van der Waals surface area contributed by atoms with E-state index in [0.29, 0.717) is 11.7 Å². The lowest BCUT2D eigenvalue weighted by Crippen LogP contribution is -2.30. The molecule has 1 aromatic heterocycles. The van der Waals surface area contributed by atoms with E-state index in [9.17, 15) is 4.79 Å². The Balaban J connectivity index is 2.01. The van der Waals surface area contributed by atoms with E-state index >= 15 is 0 Å². The van der Waals surface area contributed by atoms with Crippen molar-refractivity contribution in [2.75, 3.05) is 11.9 Å². The van der Waals surface area contributed by atoms with Gasteiger partial charge in [0.1, 0.15) is 0 Å². The topological polar surface area (TPSA) is 68.0 Å². The Morgan fingerprint density at radius 1 is 1.61 bits per heavy atom. The molecule has 0 aromatic carbocycles. The van der Waals surface area contributed by atoms with Crippen LogP contribution in [0.5, 0.6) is 0 Å². The number of rotatable bonds is 2. The van der Waals surface area contributed by atoms with Gasteiger partial charge in [0.15, 0.2) is 5.13 Å². The monoisotopic (exact) mass is 263 g/mol. The smallest absolute Gasteiger partial charge is 0.232 e. The van der Waals surface area contributed by atoms with Crippen LogP contribution < -0.4 is 11.1 Å². The average Bonchev–Trinajstić information content (AvgIpc) is 2.97. The molecule has 1 aromatic rings. The second-order valence-corrected chi connectivity index (χ2v) is 5.79. The predicted octanol–water partition coefficient (Wildman–Crippen LogP) is 1.97. The zero-order chi connectivity index (χ0) is 13.0. The van der Waals surface area contributed by atoms with Crippen LogP contribution in [0.2, 0.25) is 0 Å². The summed E-state index contributed by atoms with van der Waals surface area (Å²) < 4.78 is 0. The summed E-state index contributed by atoms with van der Waals surface area (Å²) in [5, 5.41) is 3.51. The van der Waals surface area contributed by atoms with Gasteiger partial charge in [-0.25, -0.2) is 4.98 Å². The van der Waals surface area contributed by atoms with Gasteiger partial charge in [-0.3, -0.25) is 4.79 Å². The number of nitrogens with two attached hydrogens (primary N) is 1. The number of carbonyl (C=O) groups excluding carboxylic acids is 1. The van der Waals surface area contributed by atoms with E-state index in [1.54, 1.807) is 6.20 Å². The van der Waals surface area contributed by atoms with Crippen molar-refractivity contribution < 1.29 is 4.79 Å². The first-order chi connectivity index (χ1) is 8.64. The molecule has 1 aliphatic carbocycles. The van der Waals surface area contributed by atoms with Crippen LogP contribution in [-0.4, -0.2) is 17.4 Å². The van der Waals surface area contributed by atoms with Crippen molar-refractivity contribution in [2.45, 2.75) is 32.6 Å². The Hall–Kier alpha value is -1.38. The third kappa shape index (κ3) is 2.89. The third-order valence-electron chi connectivity index (χ3n) is 3.30. The molecule has 1 heterocycles. The molecule has 1 fully saturated rings. The number of carbonyl (C=O) groups is 1. The van der Waals surface area contributed by atoms with Gasteiger partial charge in [-0.05, 0) is 12.8 Å². The van der Waals surface area contributed by atoms with E-state index < -0.39 is 0 Å². The minimum absolute atomic E-state index is 0.0766. The van der Waals surface area contributed by atoms with Crippen LogP contribution in [0.15, 0.2) is 6.20 Å². The molecule has 5 heteroatoms. The fraction of sp³-hybridized carbons (Fsp3) is 0.538. The molecule has 3 N–H and O–H groups in total. The maximum absolute atomic E-state index is 12.2. The molecular formula is C13H17N3OS. The van der Waals surface area contributed by atoms with Gasteiger partial charge in [0.05, 0.1) is 17.6 Å². The Morgan fingerprint density at radius 3 is 3.00 bits per heavy atom. The fourth-order valence-electron chi connectivity index (χ4n) is 2.16. The lowest BCUT2D eigenvalue weighted by Gasteiger charge is -2.21. The van der Waals surface area contributed by atoms with Crippen LogP contribution in [0.25, 0.3) is 0 Å². The third-order valence-corrected chi connectivity index (χ3v) is 4.12. The minimum Gasteiger partial charge on any atom is -0.320 e. The zero-order valence-corrected chi connectivity index (χ0v) is 11.3. The van der Waals surface area contributed by atoms with Crippen LogP contribution in [-0.2, 0) is 4.79 Å². The molecule has 2 rings (SSSR count). The standard InChI is InChI=1S/C13H17N3OS/c1-13(6-2-3-7-13)11(17)16-12-15-9-10(18-12)5-4-8-14/h9H,2-3,6-8,14H2,1H3,(H,15,16,17). The highest BCUT2D eigenvalue weighted by molar-refractivity contribution is 7.16. The summed E-state index contributed by atoms with van der Waals surface area (Å²) in [6.45, 7) is 2.36. The SMILES string of the molecule is CC1(C(=O)Nc2ncc(C#CCN)s2)CCCC1. The molecule has 18 heavy (non-hydrogen) atoms. The highest BCUT2D eigenvalue weighted by Gasteiger charge is 2.36. The van der Waals surface area contributed by atoms with Gasteiger partial charge in [-0.2, -0.15) is 0 Å². The largest absolute Gasteiger partial charge is 0.320 e. The zero-order valence-electron chi connectivity index (χ0n) is 10.5. The van der Waals surface area contributed by atoms with Crippen LogP contribution in [0.1, 0.15) is 37.5 Å². The summed E-state index contributed by atoms with van der Waals surface area (Å²) >= 11 is 1.39. The molecule has 1 amide bonds. The second-order valence-electron chi connectivity index (χ2n) is 4.76. The van der Waals surface area contributed by atoms with Crippen molar-refractivity contribution in [1.29, 1.82) is 0 Å². The van der Waals surface area contributed by atoms with Gasteiger partial charge < -0.3 is 11.1 Å². The Morgan fingerprint density at radius 2 is 2.33 bits per heavy atom. The van der Waals surface area contributed by atoms with Crippen molar-refractivity contribution in [3.63, 3.8) is 0 Å². The Kier molecular flexibility index (Phi) is 4.00. The van der Waals surface area contributed by atoms with Gasteiger partial charge in [0.25, 0.3) is 0 Å². The van der Waals surface area contributed by atoms with Crippen molar-refractivity contribution >= 4 is 22.4 Å². The highest BCUT2D eigenvalue weighted by atomic mass is 32.1. The van der Waals surface area contributed by atoms with Crippen LogP contribution >= 0.6 is 11.3 Å². The maximum atomic E-state index is 12.2. The molecule has 0 bridgehead atoms. The Bertz CT molecular complexity index is 492. The Labute approximate surface area is 111 Å². The highest BCUT2D eigenvalue weighted by Crippen LogP contribution is 2.38. The fourth-order valence-corrected chi connectivity index (χ4v) is 2.84. The minimum atomic E-state index is -0.227. The van der Waals surface area contributed by atoms with E-state index in [2.05, 4.69) is 22.1 Å². The second kappa shape index (κ2) is 5.51. The summed E-state index contributed by atoms with van der Waals surface area (Å²) in [5.74, 6) is 5.75. The van der Waals surface area contributed by atoms with Gasteiger partial charge in [-0.1, -0.05) is 42.9 Å². The summed E-state index contributed by atoms with van der Waals surface area (Å²) in [6.07, 6.45) is 5.86. The van der Waals surface area contributed by atoms with E-state index in [4.69, 9.17) is 5.73 Å². The number of nitrogens with one attached hydrogen (secondary N) is 1. The molecule has 0 radical (unpaired) electrons. The molecular weight excluding hydrogens is 246 g/mol. The number of hydrogen-bond acceptors (Lipinski definition) is 4. The summed E-state index contributed by atoms with van der Waals surface area (Å²) in [5.41, 5.74) is 5.08. The summed E-state index contributed by atoms with van der Waals surface area (Å²) in [7, 11) is 0. The van der Waals surface area contributed by atoms with E-state index in [0.717, 1.165) is 30.6 Å². The molecule has 0 aliphatic heterocycles. The molecule has 4 nitrogen and oxygen atoms in total. The molecule has 0 atom stereocenters. The van der Waals surface area contributed by atoms with Crippen LogP contribution in [0, 0.1) is 17.3 Å².